The Hall–Kier alpha value is -2.44. The lowest BCUT2D eigenvalue weighted by atomic mass is 10.3. The summed E-state index contributed by atoms with van der Waals surface area (Å²) in [6.45, 7) is 4.98. The molecule has 0 unspecified atom stereocenters. The van der Waals surface area contributed by atoms with Gasteiger partial charge < -0.3 is 9.84 Å². The van der Waals surface area contributed by atoms with Crippen LogP contribution in [0.25, 0.3) is 0 Å². The molecule has 0 aromatic carbocycles. The van der Waals surface area contributed by atoms with Crippen LogP contribution >= 0.6 is 0 Å². The maximum absolute atomic E-state index is 11.2. The molecular formula is C10H11N3O4. The average molecular weight is 237 g/mol. The fraction of sp³-hybridized carbons (Fsp3) is 0.200. The summed E-state index contributed by atoms with van der Waals surface area (Å²) in [5.74, 6) is -0.989. The number of aromatic carboxylic acids is 1. The van der Waals surface area contributed by atoms with Crippen LogP contribution in [0.5, 0.6) is 0 Å². The third kappa shape index (κ3) is 3.56. The Morgan fingerprint density at radius 1 is 1.65 bits per heavy atom. The third-order valence-corrected chi connectivity index (χ3v) is 1.69. The highest BCUT2D eigenvalue weighted by Crippen LogP contribution is 2.11. The Kier molecular flexibility index (Phi) is 4.15. The van der Waals surface area contributed by atoms with Crippen molar-refractivity contribution < 1.29 is 19.4 Å². The van der Waals surface area contributed by atoms with Crippen molar-refractivity contribution in [3.63, 3.8) is 0 Å². The smallest absolute Gasteiger partial charge is 0.413 e. The van der Waals surface area contributed by atoms with Crippen LogP contribution in [-0.4, -0.2) is 33.7 Å². The van der Waals surface area contributed by atoms with Crippen molar-refractivity contribution in [2.75, 3.05) is 11.9 Å². The summed E-state index contributed by atoms with van der Waals surface area (Å²) in [5.41, 5.74) is -0.203. The molecule has 0 aliphatic heterocycles. The van der Waals surface area contributed by atoms with Gasteiger partial charge in [0.2, 0.25) is 0 Å². The molecule has 0 spiro atoms. The van der Waals surface area contributed by atoms with E-state index in [1.54, 1.807) is 6.92 Å². The molecule has 1 heterocycles. The highest BCUT2D eigenvalue weighted by Gasteiger charge is 2.15. The van der Waals surface area contributed by atoms with Gasteiger partial charge in [-0.2, -0.15) is 0 Å². The number of hydrogen-bond acceptors (Lipinski definition) is 5. The van der Waals surface area contributed by atoms with Crippen molar-refractivity contribution in [2.24, 2.45) is 0 Å². The van der Waals surface area contributed by atoms with Crippen molar-refractivity contribution in [3.8, 4) is 0 Å². The maximum atomic E-state index is 11.2. The lowest BCUT2D eigenvalue weighted by molar-refractivity contribution is 0.0697. The molecule has 1 aromatic rings. The Balaban J connectivity index is 2.88. The Morgan fingerprint density at radius 3 is 2.94 bits per heavy atom. The summed E-state index contributed by atoms with van der Waals surface area (Å²) in [5, 5.41) is 11.1. The number of anilines is 1. The van der Waals surface area contributed by atoms with E-state index in [2.05, 4.69) is 26.6 Å². The number of hydrogen-bond donors (Lipinski definition) is 2. The second-order valence-electron chi connectivity index (χ2n) is 3.00. The minimum atomic E-state index is -1.23. The standard InChI is InChI=1S/C10H11N3O4/c1-3-4-17-10(16)13-8-7(9(14)15)5-11-6(2)12-8/h3,5H,1,4H2,2H3,(H,14,15)(H,11,12,13,16). The van der Waals surface area contributed by atoms with Crippen LogP contribution in [0.1, 0.15) is 16.2 Å². The van der Waals surface area contributed by atoms with Crippen molar-refractivity contribution in [3.05, 3.63) is 30.2 Å². The molecule has 1 rings (SSSR count). The van der Waals surface area contributed by atoms with E-state index >= 15 is 0 Å². The first kappa shape index (κ1) is 12.6. The number of nitrogens with zero attached hydrogens (tertiary/aromatic N) is 2. The zero-order valence-corrected chi connectivity index (χ0v) is 9.14. The number of carbonyl (C=O) groups excluding carboxylic acids is 1. The van der Waals surface area contributed by atoms with Crippen LogP contribution in [0.4, 0.5) is 10.6 Å². The number of aromatic nitrogens is 2. The van der Waals surface area contributed by atoms with E-state index < -0.39 is 12.1 Å². The molecule has 2 N–H and O–H groups in total. The quantitative estimate of drug-likeness (QED) is 0.763. The van der Waals surface area contributed by atoms with Crippen LogP contribution in [0.3, 0.4) is 0 Å². The fourth-order valence-corrected chi connectivity index (χ4v) is 0.989. The summed E-state index contributed by atoms with van der Waals surface area (Å²) >= 11 is 0. The number of nitrogens with one attached hydrogen (secondary N) is 1. The molecule has 0 aliphatic rings. The predicted octanol–water partition coefficient (Wildman–Crippen LogP) is 1.22. The van der Waals surface area contributed by atoms with Crippen LogP contribution in [0, 0.1) is 6.92 Å². The molecule has 0 atom stereocenters. The van der Waals surface area contributed by atoms with Crippen LogP contribution in [0.2, 0.25) is 0 Å². The molecule has 1 aromatic heterocycles. The second kappa shape index (κ2) is 5.59. The van der Waals surface area contributed by atoms with Crippen LogP contribution in [-0.2, 0) is 4.74 Å². The molecule has 0 saturated carbocycles. The molecule has 7 nitrogen and oxygen atoms in total. The summed E-state index contributed by atoms with van der Waals surface area (Å²) in [4.78, 5) is 29.6. The van der Waals surface area contributed by atoms with Gasteiger partial charge in [-0.3, -0.25) is 5.32 Å². The van der Waals surface area contributed by atoms with Crippen molar-refractivity contribution in [2.45, 2.75) is 6.92 Å². The Morgan fingerprint density at radius 2 is 2.35 bits per heavy atom. The number of ether oxygens (including phenoxy) is 1. The summed E-state index contributed by atoms with van der Waals surface area (Å²) < 4.78 is 4.65. The molecule has 0 radical (unpaired) electrons. The summed E-state index contributed by atoms with van der Waals surface area (Å²) in [6.07, 6.45) is 1.71. The van der Waals surface area contributed by atoms with Crippen molar-refractivity contribution in [1.29, 1.82) is 0 Å². The number of carboxylic acids is 1. The molecule has 90 valence electrons. The first-order chi connectivity index (χ1) is 8.04. The van der Waals surface area contributed by atoms with Crippen molar-refractivity contribution >= 4 is 17.9 Å². The van der Waals surface area contributed by atoms with Gasteiger partial charge in [-0.15, -0.1) is 0 Å². The van der Waals surface area contributed by atoms with Crippen molar-refractivity contribution in [1.82, 2.24) is 9.97 Å². The van der Waals surface area contributed by atoms with E-state index in [-0.39, 0.29) is 18.0 Å². The molecule has 1 amide bonds. The number of carboxylic acid groups (broad SMARTS) is 1. The number of amides is 1. The SMILES string of the molecule is C=CCOC(=O)Nc1nc(C)ncc1C(=O)O. The predicted molar refractivity (Wildman–Crippen MR) is 58.9 cm³/mol. The summed E-state index contributed by atoms with van der Waals surface area (Å²) in [7, 11) is 0. The van der Waals surface area contributed by atoms with Gasteiger partial charge in [0.25, 0.3) is 0 Å². The van der Waals surface area contributed by atoms with Crippen LogP contribution in [0.15, 0.2) is 18.9 Å². The van der Waals surface area contributed by atoms with E-state index in [4.69, 9.17) is 5.11 Å². The normalized spacial score (nSPS) is 9.47. The van der Waals surface area contributed by atoms with E-state index in [0.717, 1.165) is 6.20 Å². The van der Waals surface area contributed by atoms with E-state index in [1.165, 1.54) is 6.08 Å². The molecule has 0 aliphatic carbocycles. The molecule has 17 heavy (non-hydrogen) atoms. The second-order valence-corrected chi connectivity index (χ2v) is 3.00. The highest BCUT2D eigenvalue weighted by atomic mass is 16.5. The molecule has 0 fully saturated rings. The van der Waals surface area contributed by atoms with E-state index in [9.17, 15) is 9.59 Å². The lowest BCUT2D eigenvalue weighted by Gasteiger charge is -2.07. The number of aryl methyl sites for hydroxylation is 1. The Labute approximate surface area is 97.2 Å². The molecular weight excluding hydrogens is 226 g/mol. The summed E-state index contributed by atoms with van der Waals surface area (Å²) in [6, 6.07) is 0. The first-order valence-corrected chi connectivity index (χ1v) is 4.66. The third-order valence-electron chi connectivity index (χ3n) is 1.69. The largest absolute Gasteiger partial charge is 0.477 e. The minimum absolute atomic E-state index is 0.0261. The van der Waals surface area contributed by atoms with Gasteiger partial charge in [-0.05, 0) is 6.92 Å². The molecule has 0 saturated heterocycles. The Bertz CT molecular complexity index is 459. The molecule has 7 heteroatoms. The van der Waals surface area contributed by atoms with Gasteiger partial charge in [0.05, 0.1) is 0 Å². The fourth-order valence-electron chi connectivity index (χ4n) is 0.989. The monoisotopic (exact) mass is 237 g/mol. The lowest BCUT2D eigenvalue weighted by Crippen LogP contribution is -2.18. The topological polar surface area (TPSA) is 101 Å². The first-order valence-electron chi connectivity index (χ1n) is 4.66. The van der Waals surface area contributed by atoms with Gasteiger partial charge in [0.15, 0.2) is 5.82 Å². The van der Waals surface area contributed by atoms with E-state index in [1.807, 2.05) is 0 Å². The minimum Gasteiger partial charge on any atom is -0.477 e. The van der Waals surface area contributed by atoms with Gasteiger partial charge in [-0.25, -0.2) is 19.6 Å². The van der Waals surface area contributed by atoms with Gasteiger partial charge >= 0.3 is 12.1 Å². The van der Waals surface area contributed by atoms with E-state index in [0.29, 0.717) is 5.82 Å². The number of rotatable bonds is 4. The zero-order chi connectivity index (χ0) is 12.8. The van der Waals surface area contributed by atoms with Gasteiger partial charge in [-0.1, -0.05) is 12.7 Å². The number of carbonyl (C=O) groups is 2. The molecule has 0 bridgehead atoms. The highest BCUT2D eigenvalue weighted by molar-refractivity contribution is 5.97. The van der Waals surface area contributed by atoms with Crippen LogP contribution < -0.4 is 5.32 Å². The van der Waals surface area contributed by atoms with Gasteiger partial charge in [0.1, 0.15) is 18.0 Å². The maximum Gasteiger partial charge on any atom is 0.413 e. The average Bonchev–Trinajstić information content (AvgIpc) is 2.26. The zero-order valence-electron chi connectivity index (χ0n) is 9.14. The van der Waals surface area contributed by atoms with Gasteiger partial charge in [0, 0.05) is 6.20 Å².